The average molecular weight is 461 g/mol. The quantitative estimate of drug-likeness (QED) is 0.344. The number of nitrogens with zero attached hydrogens (tertiary/aromatic N) is 1. The Bertz CT molecular complexity index is 1210. The molecule has 1 heterocycles. The van der Waals surface area contributed by atoms with E-state index in [4.69, 9.17) is 5.21 Å². The Kier molecular flexibility index (Phi) is 7.03. The van der Waals surface area contributed by atoms with Crippen LogP contribution in [0.4, 0.5) is 0 Å². The van der Waals surface area contributed by atoms with Crippen molar-refractivity contribution >= 4 is 37.3 Å². The van der Waals surface area contributed by atoms with E-state index < -0.39 is 20.5 Å². The van der Waals surface area contributed by atoms with Crippen LogP contribution in [-0.2, 0) is 21.1 Å². The predicted molar refractivity (Wildman–Crippen MR) is 119 cm³/mol. The molecule has 2 aromatic rings. The number of aromatic nitrogens is 1. The second kappa shape index (κ2) is 9.37. The molecule has 3 rings (SSSR count). The number of rotatable bonds is 6. The van der Waals surface area contributed by atoms with Gasteiger partial charge in [-0.25, -0.2) is 18.9 Å². The number of benzene rings is 1. The molecule has 0 saturated heterocycles. The van der Waals surface area contributed by atoms with E-state index in [-0.39, 0.29) is 31.3 Å². The molecule has 1 fully saturated rings. The van der Waals surface area contributed by atoms with Crippen LogP contribution in [0.5, 0.6) is 0 Å². The summed E-state index contributed by atoms with van der Waals surface area (Å²) in [7, 11) is -3.75. The molecule has 0 aliphatic heterocycles. The van der Waals surface area contributed by atoms with Crippen LogP contribution >= 0.6 is 11.3 Å². The number of hydrogen-bond donors (Lipinski definition) is 3. The van der Waals surface area contributed by atoms with Gasteiger partial charge >= 0.3 is 0 Å². The van der Waals surface area contributed by atoms with E-state index in [0.29, 0.717) is 5.01 Å². The molecule has 1 aromatic carbocycles. The second-order valence-electron chi connectivity index (χ2n) is 7.88. The minimum atomic E-state index is -3.75. The summed E-state index contributed by atoms with van der Waals surface area (Å²) in [4.78, 5) is 16.5. The van der Waals surface area contributed by atoms with E-state index in [0.717, 1.165) is 34.9 Å². The van der Waals surface area contributed by atoms with Crippen molar-refractivity contribution in [1.82, 2.24) is 10.5 Å². The smallest absolute Gasteiger partial charge is 0.264 e. The summed E-state index contributed by atoms with van der Waals surface area (Å²) < 4.78 is 23.3. The van der Waals surface area contributed by atoms with Gasteiger partial charge in [-0.3, -0.25) is 10.0 Å². The number of carbonyl (C=O) groups excluding carboxylic acids is 1. The molecule has 1 aromatic heterocycles. The van der Waals surface area contributed by atoms with Crippen LogP contribution in [0.3, 0.4) is 0 Å². The SMILES string of the molecule is CC(CCc1nc2ccc(C#CC#C[C@@H]3CC[C@H]3CO)cc2s1)(C(=O)NO)S(C)(=O)=O. The molecule has 3 N–H and O–H groups in total. The predicted octanol–water partition coefficient (Wildman–Crippen LogP) is 1.91. The number of aliphatic hydroxyl groups is 1. The first kappa shape index (κ1) is 23.2. The molecule has 9 heteroatoms. The number of hydrogen-bond acceptors (Lipinski definition) is 7. The lowest BCUT2D eigenvalue weighted by Gasteiger charge is -2.30. The zero-order chi connectivity index (χ0) is 22.6. The zero-order valence-corrected chi connectivity index (χ0v) is 18.9. The van der Waals surface area contributed by atoms with Crippen LogP contribution in [0.2, 0.25) is 0 Å². The second-order valence-corrected chi connectivity index (χ2v) is 11.4. The van der Waals surface area contributed by atoms with Crippen molar-refractivity contribution in [2.45, 2.75) is 37.4 Å². The summed E-state index contributed by atoms with van der Waals surface area (Å²) in [6, 6.07) is 5.60. The highest BCUT2D eigenvalue weighted by Gasteiger charge is 2.43. The number of aryl methyl sites for hydroxylation is 1. The Morgan fingerprint density at radius 1 is 1.35 bits per heavy atom. The molecule has 3 atom stereocenters. The molecule has 0 bridgehead atoms. The third-order valence-electron chi connectivity index (χ3n) is 5.83. The zero-order valence-electron chi connectivity index (χ0n) is 17.3. The lowest BCUT2D eigenvalue weighted by molar-refractivity contribution is -0.131. The average Bonchev–Trinajstić information content (AvgIpc) is 3.12. The molecule has 0 spiro atoms. The van der Waals surface area contributed by atoms with E-state index in [9.17, 15) is 18.3 Å². The van der Waals surface area contributed by atoms with E-state index in [1.165, 1.54) is 23.7 Å². The van der Waals surface area contributed by atoms with Crippen molar-refractivity contribution in [3.63, 3.8) is 0 Å². The molecule has 31 heavy (non-hydrogen) atoms. The number of thiazole rings is 1. The van der Waals surface area contributed by atoms with Gasteiger partial charge in [0.1, 0.15) is 4.75 Å². The molecule has 1 unspecified atom stereocenters. The van der Waals surface area contributed by atoms with Crippen molar-refractivity contribution in [2.75, 3.05) is 12.9 Å². The first-order chi connectivity index (χ1) is 14.7. The van der Waals surface area contributed by atoms with E-state index in [1.807, 2.05) is 18.2 Å². The maximum Gasteiger partial charge on any atom is 0.264 e. The summed E-state index contributed by atoms with van der Waals surface area (Å²) >= 11 is 1.41. The van der Waals surface area contributed by atoms with Gasteiger partial charge in [-0.05, 0) is 62.1 Å². The van der Waals surface area contributed by atoms with Gasteiger partial charge in [0.25, 0.3) is 5.91 Å². The third-order valence-corrected chi connectivity index (χ3v) is 8.93. The van der Waals surface area contributed by atoms with Gasteiger partial charge in [0.2, 0.25) is 0 Å². The fourth-order valence-electron chi connectivity index (χ4n) is 3.30. The normalized spacial score (nSPS) is 19.9. The Hall–Kier alpha value is -2.43. The van der Waals surface area contributed by atoms with Crippen LogP contribution in [0.25, 0.3) is 10.2 Å². The first-order valence-electron chi connectivity index (χ1n) is 9.84. The van der Waals surface area contributed by atoms with Gasteiger partial charge in [-0.2, -0.15) is 0 Å². The van der Waals surface area contributed by atoms with Crippen molar-refractivity contribution in [3.8, 4) is 23.7 Å². The highest BCUT2D eigenvalue weighted by molar-refractivity contribution is 7.92. The summed E-state index contributed by atoms with van der Waals surface area (Å²) in [6.45, 7) is 1.47. The number of fused-ring (bicyclic) bond motifs is 1. The molecule has 1 aliphatic rings. The van der Waals surface area contributed by atoms with Gasteiger partial charge < -0.3 is 5.11 Å². The summed E-state index contributed by atoms with van der Waals surface area (Å²) in [6.07, 6.45) is 3.27. The monoisotopic (exact) mass is 460 g/mol. The molecule has 164 valence electrons. The number of amides is 1. The lowest BCUT2D eigenvalue weighted by Crippen LogP contribution is -2.49. The largest absolute Gasteiger partial charge is 0.396 e. The highest BCUT2D eigenvalue weighted by Crippen LogP contribution is 2.33. The van der Waals surface area contributed by atoms with Crippen LogP contribution in [0, 0.1) is 35.5 Å². The number of nitrogens with one attached hydrogen (secondary N) is 1. The Labute approximate surface area is 185 Å². The number of sulfone groups is 1. The highest BCUT2D eigenvalue weighted by atomic mass is 32.2. The van der Waals surface area contributed by atoms with Gasteiger partial charge in [-0.1, -0.05) is 11.8 Å². The fourth-order valence-corrected chi connectivity index (χ4v) is 5.16. The number of aliphatic hydroxyl groups excluding tert-OH is 1. The number of carbonyl (C=O) groups is 1. The van der Waals surface area contributed by atoms with Crippen LogP contribution < -0.4 is 5.48 Å². The summed E-state index contributed by atoms with van der Waals surface area (Å²) in [5, 5.41) is 18.8. The number of hydroxylamine groups is 1. The van der Waals surface area contributed by atoms with E-state index in [2.05, 4.69) is 28.7 Å². The summed E-state index contributed by atoms with van der Waals surface area (Å²) in [5.41, 5.74) is 3.02. The van der Waals surface area contributed by atoms with Crippen LogP contribution in [-0.4, -0.2) is 47.2 Å². The Morgan fingerprint density at radius 3 is 2.74 bits per heavy atom. The van der Waals surface area contributed by atoms with Gasteiger partial charge in [0, 0.05) is 30.8 Å². The third kappa shape index (κ3) is 5.08. The van der Waals surface area contributed by atoms with Crippen LogP contribution in [0.1, 0.15) is 36.8 Å². The maximum atomic E-state index is 12.1. The molecule has 1 amide bonds. The summed E-state index contributed by atoms with van der Waals surface area (Å²) in [5.74, 6) is 11.4. The van der Waals surface area contributed by atoms with E-state index >= 15 is 0 Å². The maximum absolute atomic E-state index is 12.1. The van der Waals surface area contributed by atoms with Crippen molar-refractivity contribution in [1.29, 1.82) is 0 Å². The fraction of sp³-hybridized carbons (Fsp3) is 0.455. The first-order valence-corrected chi connectivity index (χ1v) is 12.5. The van der Waals surface area contributed by atoms with E-state index in [1.54, 1.807) is 0 Å². The lowest BCUT2D eigenvalue weighted by atomic mass is 9.75. The molecular weight excluding hydrogens is 436 g/mol. The van der Waals surface area contributed by atoms with Crippen molar-refractivity contribution in [2.24, 2.45) is 11.8 Å². The molecule has 1 saturated carbocycles. The Balaban J connectivity index is 1.72. The van der Waals surface area contributed by atoms with Gasteiger partial charge in [0.15, 0.2) is 9.84 Å². The topological polar surface area (TPSA) is 117 Å². The van der Waals surface area contributed by atoms with Crippen LogP contribution in [0.15, 0.2) is 18.2 Å². The molecule has 1 aliphatic carbocycles. The standard InChI is InChI=1S/C22H24N2O5S2/c1-22(21(26)24-27,31(2,28)29)12-11-20-23-18-10-7-15(13-19(18)30-20)5-3-4-6-16-8-9-17(16)14-25/h7,10,13,16-17,25,27H,8-9,11-12,14H2,1-2H3,(H,24,26)/t16-,17+,22?/m1/s1. The van der Waals surface area contributed by atoms with Gasteiger partial charge in [0.05, 0.1) is 15.2 Å². The van der Waals surface area contributed by atoms with Crippen molar-refractivity contribution in [3.05, 3.63) is 28.8 Å². The van der Waals surface area contributed by atoms with Gasteiger partial charge in [-0.15, -0.1) is 11.3 Å². The Morgan fingerprint density at radius 2 is 2.13 bits per heavy atom. The minimum Gasteiger partial charge on any atom is -0.396 e. The molecular formula is C22H24N2O5S2. The molecule has 7 nitrogen and oxygen atoms in total. The minimum absolute atomic E-state index is 0.00367. The molecule has 0 radical (unpaired) electrons. The van der Waals surface area contributed by atoms with Crippen molar-refractivity contribution < 1.29 is 23.5 Å².